The molecule has 0 bridgehead atoms. The summed E-state index contributed by atoms with van der Waals surface area (Å²) in [5.74, 6) is 1.41. The first-order chi connectivity index (χ1) is 14.5. The molecule has 0 spiro atoms. The second-order valence-electron chi connectivity index (χ2n) is 6.85. The Labute approximate surface area is 176 Å². The fourth-order valence-electron chi connectivity index (χ4n) is 3.41. The van der Waals surface area contributed by atoms with Gasteiger partial charge >= 0.3 is 0 Å². The van der Waals surface area contributed by atoms with E-state index in [9.17, 15) is 10.2 Å². The van der Waals surface area contributed by atoms with Crippen molar-refractivity contribution in [2.45, 2.75) is 13.8 Å². The van der Waals surface area contributed by atoms with Crippen LogP contribution >= 0.6 is 0 Å². The lowest BCUT2D eigenvalue weighted by molar-refractivity contribution is 0.0329. The number of ether oxygens (including phenoxy) is 4. The lowest BCUT2D eigenvalue weighted by Crippen LogP contribution is -2.09. The summed E-state index contributed by atoms with van der Waals surface area (Å²) >= 11 is 0. The van der Waals surface area contributed by atoms with Crippen molar-refractivity contribution >= 4 is 0 Å². The van der Waals surface area contributed by atoms with Crippen molar-refractivity contribution in [1.29, 1.82) is 0 Å². The normalized spacial score (nSPS) is 10.8. The maximum Gasteiger partial charge on any atom is 0.188 e. The Hall–Kier alpha value is -3.22. The van der Waals surface area contributed by atoms with Crippen molar-refractivity contribution < 1.29 is 29.2 Å². The van der Waals surface area contributed by atoms with Gasteiger partial charge in [-0.15, -0.1) is 0 Å². The Bertz CT molecular complexity index is 911. The molecule has 2 N–H and O–H groups in total. The van der Waals surface area contributed by atoms with E-state index >= 15 is 0 Å². The molecule has 30 heavy (non-hydrogen) atoms. The average molecular weight is 410 g/mol. The summed E-state index contributed by atoms with van der Waals surface area (Å²) in [5.41, 5.74) is 5.44. The fourth-order valence-corrected chi connectivity index (χ4v) is 3.41. The molecule has 0 atom stereocenters. The topological polar surface area (TPSA) is 77.4 Å². The van der Waals surface area contributed by atoms with Gasteiger partial charge in [0.2, 0.25) is 0 Å². The van der Waals surface area contributed by atoms with Gasteiger partial charge in [0.25, 0.3) is 0 Å². The molecular weight excluding hydrogens is 384 g/mol. The molecule has 3 aromatic rings. The predicted octanol–water partition coefficient (Wildman–Crippen LogP) is 5.01. The van der Waals surface area contributed by atoms with Gasteiger partial charge in [0.05, 0.1) is 0 Å². The van der Waals surface area contributed by atoms with Crippen molar-refractivity contribution in [3.8, 4) is 45.3 Å². The molecule has 6 heteroatoms. The molecule has 0 aliphatic rings. The monoisotopic (exact) mass is 410 g/mol. The summed E-state index contributed by atoms with van der Waals surface area (Å²) in [5, 5.41) is 19.4. The SMILES string of the molecule is COCOc1c(OCOC)c(-c2ccc(O)cc2)c(C)c(C)c1-c1ccc(O)cc1. The van der Waals surface area contributed by atoms with Gasteiger partial charge in [0.15, 0.2) is 25.1 Å². The molecule has 6 nitrogen and oxygen atoms in total. The van der Waals surface area contributed by atoms with E-state index in [0.29, 0.717) is 11.5 Å². The van der Waals surface area contributed by atoms with Crippen LogP contribution in [0.5, 0.6) is 23.0 Å². The highest BCUT2D eigenvalue weighted by atomic mass is 16.7. The highest BCUT2D eigenvalue weighted by Gasteiger charge is 2.25. The standard InChI is InChI=1S/C24H26O6/c1-15-16(2)22(18-7-11-20(26)12-8-18)24(30-14-28-4)23(29-13-27-3)21(15)17-5-9-19(25)10-6-17/h5-12,25-26H,13-14H2,1-4H3. The van der Waals surface area contributed by atoms with Gasteiger partial charge in [-0.1, -0.05) is 24.3 Å². The van der Waals surface area contributed by atoms with Crippen molar-refractivity contribution in [3.63, 3.8) is 0 Å². The van der Waals surface area contributed by atoms with E-state index in [2.05, 4.69) is 0 Å². The Kier molecular flexibility index (Phi) is 6.82. The molecule has 0 aliphatic carbocycles. The van der Waals surface area contributed by atoms with E-state index in [0.717, 1.165) is 33.4 Å². The zero-order valence-electron chi connectivity index (χ0n) is 17.6. The Morgan fingerprint density at radius 2 is 0.933 bits per heavy atom. The van der Waals surface area contributed by atoms with Crippen molar-refractivity contribution in [1.82, 2.24) is 0 Å². The molecule has 0 heterocycles. The maximum atomic E-state index is 9.71. The molecule has 0 radical (unpaired) electrons. The number of methoxy groups -OCH3 is 2. The van der Waals surface area contributed by atoms with E-state index in [-0.39, 0.29) is 25.1 Å². The number of aromatic hydroxyl groups is 2. The second-order valence-corrected chi connectivity index (χ2v) is 6.85. The minimum Gasteiger partial charge on any atom is -0.508 e. The fraction of sp³-hybridized carbons (Fsp3) is 0.250. The van der Waals surface area contributed by atoms with Crippen LogP contribution < -0.4 is 9.47 Å². The van der Waals surface area contributed by atoms with Crippen LogP contribution in [0, 0.1) is 13.8 Å². The number of phenolic OH excluding ortho intramolecular Hbond substituents is 2. The molecule has 3 rings (SSSR count). The van der Waals surface area contributed by atoms with Crippen LogP contribution in [0.25, 0.3) is 22.3 Å². The lowest BCUT2D eigenvalue weighted by Gasteiger charge is -2.24. The zero-order valence-corrected chi connectivity index (χ0v) is 17.6. The third-order valence-electron chi connectivity index (χ3n) is 4.93. The number of hydrogen-bond acceptors (Lipinski definition) is 6. The van der Waals surface area contributed by atoms with Crippen LogP contribution in [-0.2, 0) is 9.47 Å². The first-order valence-corrected chi connectivity index (χ1v) is 9.47. The summed E-state index contributed by atoms with van der Waals surface area (Å²) in [6, 6.07) is 13.9. The van der Waals surface area contributed by atoms with E-state index < -0.39 is 0 Å². The zero-order chi connectivity index (χ0) is 21.7. The highest BCUT2D eigenvalue weighted by molar-refractivity contribution is 5.88. The molecule has 0 aliphatic heterocycles. The van der Waals surface area contributed by atoms with Gasteiger partial charge in [-0.3, -0.25) is 0 Å². The van der Waals surface area contributed by atoms with Crippen LogP contribution in [-0.4, -0.2) is 38.0 Å². The molecule has 158 valence electrons. The van der Waals surface area contributed by atoms with Crippen molar-refractivity contribution in [3.05, 3.63) is 59.7 Å². The van der Waals surface area contributed by atoms with E-state index in [4.69, 9.17) is 18.9 Å². The molecule has 0 unspecified atom stereocenters. The molecular formula is C24H26O6. The highest BCUT2D eigenvalue weighted by Crippen LogP contribution is 2.49. The molecule has 0 saturated carbocycles. The molecule has 0 aromatic heterocycles. The largest absolute Gasteiger partial charge is 0.508 e. The van der Waals surface area contributed by atoms with Crippen LogP contribution in [0.1, 0.15) is 11.1 Å². The van der Waals surface area contributed by atoms with E-state index in [1.807, 2.05) is 38.1 Å². The third kappa shape index (κ3) is 4.35. The molecule has 0 fully saturated rings. The number of benzene rings is 3. The Balaban J connectivity index is 2.33. The lowest BCUT2D eigenvalue weighted by atomic mass is 9.88. The van der Waals surface area contributed by atoms with Crippen molar-refractivity contribution in [2.75, 3.05) is 27.8 Å². The predicted molar refractivity (Wildman–Crippen MR) is 115 cm³/mol. The summed E-state index contributed by atoms with van der Waals surface area (Å²) in [6.45, 7) is 4.10. The smallest absolute Gasteiger partial charge is 0.188 e. The van der Waals surface area contributed by atoms with Gasteiger partial charge in [-0.25, -0.2) is 0 Å². The van der Waals surface area contributed by atoms with Crippen LogP contribution in [0.15, 0.2) is 48.5 Å². The second kappa shape index (κ2) is 9.52. The quantitative estimate of drug-likeness (QED) is 0.508. The molecule has 0 amide bonds. The number of rotatable bonds is 8. The number of hydrogen-bond donors (Lipinski definition) is 2. The first-order valence-electron chi connectivity index (χ1n) is 9.47. The average Bonchev–Trinajstić information content (AvgIpc) is 2.75. The Morgan fingerprint density at radius 1 is 0.600 bits per heavy atom. The van der Waals surface area contributed by atoms with Gasteiger partial charge in [-0.2, -0.15) is 0 Å². The molecule has 0 saturated heterocycles. The van der Waals surface area contributed by atoms with E-state index in [1.54, 1.807) is 38.5 Å². The van der Waals surface area contributed by atoms with Crippen LogP contribution in [0.3, 0.4) is 0 Å². The van der Waals surface area contributed by atoms with Crippen molar-refractivity contribution in [2.24, 2.45) is 0 Å². The third-order valence-corrected chi connectivity index (χ3v) is 4.93. The molecule has 3 aromatic carbocycles. The van der Waals surface area contributed by atoms with Crippen LogP contribution in [0.2, 0.25) is 0 Å². The van der Waals surface area contributed by atoms with Gasteiger partial charge < -0.3 is 29.2 Å². The first kappa shape index (κ1) is 21.5. The summed E-state index contributed by atoms with van der Waals surface area (Å²) < 4.78 is 22.3. The van der Waals surface area contributed by atoms with Gasteiger partial charge in [0.1, 0.15) is 11.5 Å². The van der Waals surface area contributed by atoms with Gasteiger partial charge in [-0.05, 0) is 60.4 Å². The van der Waals surface area contributed by atoms with E-state index in [1.165, 1.54) is 0 Å². The summed E-state index contributed by atoms with van der Waals surface area (Å²) in [6.07, 6.45) is 0. The van der Waals surface area contributed by atoms with Crippen LogP contribution in [0.4, 0.5) is 0 Å². The maximum absolute atomic E-state index is 9.71. The number of phenols is 2. The van der Waals surface area contributed by atoms with Gasteiger partial charge in [0, 0.05) is 25.3 Å². The minimum absolute atomic E-state index is 0.0337. The summed E-state index contributed by atoms with van der Waals surface area (Å²) in [4.78, 5) is 0. The summed E-state index contributed by atoms with van der Waals surface area (Å²) in [7, 11) is 3.11. The minimum atomic E-state index is 0.0337. The Morgan fingerprint density at radius 3 is 1.23 bits per heavy atom.